The van der Waals surface area contributed by atoms with E-state index in [1.807, 2.05) is 36.4 Å². The minimum Gasteiger partial charge on any atom is -0.435 e. The van der Waals surface area contributed by atoms with Crippen LogP contribution in [0.25, 0.3) is 89.6 Å². The first kappa shape index (κ1) is 46.5. The average molecular weight is 1050 g/mol. The highest BCUT2D eigenvalue weighted by Crippen LogP contribution is 2.51. The molecule has 1 spiro atoms. The average Bonchev–Trinajstić information content (AvgIpc) is 3.26. The molecule has 16 rings (SSSR count). The molecule has 0 saturated heterocycles. The molecule has 0 N–H and O–H groups in total. The van der Waals surface area contributed by atoms with E-state index in [4.69, 9.17) is 18.8 Å². The van der Waals surface area contributed by atoms with E-state index in [0.29, 0.717) is 22.9 Å². The second-order valence-electron chi connectivity index (χ2n) is 20.8. The monoisotopic (exact) mass is 1050 g/mol. The maximum Gasteiger partial charge on any atom is 0.227 e. The van der Waals surface area contributed by atoms with Gasteiger partial charge in [0.15, 0.2) is 19.2 Å². The lowest BCUT2D eigenvalue weighted by atomic mass is 10.00. The third-order valence-corrected chi connectivity index (χ3v) is 21.2. The molecule has 0 saturated carbocycles. The molecular formula is C74H48N4O2Si. The topological polar surface area (TPSA) is 58.5 Å². The molecule has 0 fully saturated rings. The first-order valence-electron chi connectivity index (χ1n) is 27.5. The molecule has 2 aromatic heterocycles. The number of hydrogen-bond donors (Lipinski definition) is 0. The van der Waals surface area contributed by atoms with Gasteiger partial charge in [0, 0.05) is 45.0 Å². The number of nitrogens with zero attached hydrogens (tertiary/aromatic N) is 4. The Morgan fingerprint density at radius 1 is 0.272 bits per heavy atom. The Balaban J connectivity index is 1.05. The molecule has 2 aliphatic heterocycles. The van der Waals surface area contributed by atoms with Gasteiger partial charge in [0.25, 0.3) is 0 Å². The van der Waals surface area contributed by atoms with Crippen LogP contribution in [0.2, 0.25) is 0 Å². The van der Waals surface area contributed by atoms with Crippen molar-refractivity contribution in [1.82, 2.24) is 9.97 Å². The Morgan fingerprint density at radius 2 is 0.568 bits per heavy atom. The summed E-state index contributed by atoms with van der Waals surface area (Å²) in [4.78, 5) is 16.0. The molecule has 12 aromatic carbocycles. The van der Waals surface area contributed by atoms with Crippen LogP contribution in [0.4, 0.5) is 34.1 Å². The van der Waals surface area contributed by atoms with Crippen molar-refractivity contribution in [2.75, 3.05) is 9.80 Å². The zero-order chi connectivity index (χ0) is 53.4. The van der Waals surface area contributed by atoms with Crippen LogP contribution in [0, 0.1) is 0 Å². The molecule has 6 nitrogen and oxygen atoms in total. The molecule has 7 heteroatoms. The summed E-state index contributed by atoms with van der Waals surface area (Å²) in [5.74, 6) is 1.07. The molecule has 0 bridgehead atoms. The zero-order valence-electron chi connectivity index (χ0n) is 43.8. The fourth-order valence-corrected chi connectivity index (χ4v) is 18.4. The van der Waals surface area contributed by atoms with Gasteiger partial charge in [-0.05, 0) is 139 Å². The molecule has 81 heavy (non-hydrogen) atoms. The quantitative estimate of drug-likeness (QED) is 0.127. The zero-order valence-corrected chi connectivity index (χ0v) is 44.8. The van der Waals surface area contributed by atoms with Gasteiger partial charge in [-0.3, -0.25) is 0 Å². The maximum absolute atomic E-state index is 7.49. The lowest BCUT2D eigenvalue weighted by Gasteiger charge is -2.31. The number of fused-ring (bicyclic) bond motifs is 14. The van der Waals surface area contributed by atoms with Gasteiger partial charge in [0.2, 0.25) is 11.8 Å². The van der Waals surface area contributed by atoms with Gasteiger partial charge in [-0.25, -0.2) is 9.97 Å². The maximum atomic E-state index is 7.49. The normalized spacial score (nSPS) is 12.5. The summed E-state index contributed by atoms with van der Waals surface area (Å²) in [6.07, 6.45) is 0. The summed E-state index contributed by atoms with van der Waals surface area (Å²) < 4.78 is 15.0. The lowest BCUT2D eigenvalue weighted by Crippen LogP contribution is -2.70. The number of rotatable bonds is 10. The summed E-state index contributed by atoms with van der Waals surface area (Å²) in [5.41, 5.74) is 19.5. The van der Waals surface area contributed by atoms with Crippen LogP contribution in [0.1, 0.15) is 0 Å². The molecule has 4 heterocycles. The minimum absolute atomic E-state index is 0.536. The summed E-state index contributed by atoms with van der Waals surface area (Å²) in [7, 11) is -3.42. The number of para-hydroxylation sites is 2. The van der Waals surface area contributed by atoms with Gasteiger partial charge < -0.3 is 18.6 Å². The van der Waals surface area contributed by atoms with Gasteiger partial charge in [-0.1, -0.05) is 206 Å². The van der Waals surface area contributed by atoms with Crippen molar-refractivity contribution in [3.05, 3.63) is 291 Å². The van der Waals surface area contributed by atoms with Gasteiger partial charge in [0.05, 0.1) is 11.4 Å². The van der Waals surface area contributed by atoms with Crippen molar-refractivity contribution in [2.45, 2.75) is 0 Å². The van der Waals surface area contributed by atoms with Crippen molar-refractivity contribution < 1.29 is 8.83 Å². The Bertz CT molecular complexity index is 4360. The van der Waals surface area contributed by atoms with Crippen molar-refractivity contribution in [1.29, 1.82) is 0 Å². The largest absolute Gasteiger partial charge is 0.435 e. The van der Waals surface area contributed by atoms with E-state index in [1.165, 1.54) is 31.9 Å². The summed E-state index contributed by atoms with van der Waals surface area (Å²) >= 11 is 0. The molecule has 2 aliphatic rings. The van der Waals surface area contributed by atoms with Crippen molar-refractivity contribution in [3.63, 3.8) is 0 Å². The first-order valence-corrected chi connectivity index (χ1v) is 29.5. The molecule has 380 valence electrons. The minimum atomic E-state index is -3.42. The molecule has 0 radical (unpaired) electrons. The van der Waals surface area contributed by atoms with Crippen LogP contribution in [-0.4, -0.2) is 18.0 Å². The smallest absolute Gasteiger partial charge is 0.227 e. The fraction of sp³-hybridized carbons (Fsp3) is 0. The highest BCUT2D eigenvalue weighted by molar-refractivity contribution is 7.24. The van der Waals surface area contributed by atoms with Crippen molar-refractivity contribution >= 4 is 85.1 Å². The number of anilines is 6. The Kier molecular flexibility index (Phi) is 10.8. The lowest BCUT2D eigenvalue weighted by molar-refractivity contribution is 0.617. The van der Waals surface area contributed by atoms with E-state index in [1.54, 1.807) is 0 Å². The van der Waals surface area contributed by atoms with Crippen LogP contribution >= 0.6 is 0 Å². The van der Waals surface area contributed by atoms with Crippen molar-refractivity contribution in [2.24, 2.45) is 0 Å². The number of benzene rings is 12. The molecule has 14 aromatic rings. The van der Waals surface area contributed by atoms with Crippen LogP contribution in [-0.2, 0) is 0 Å². The van der Waals surface area contributed by atoms with Gasteiger partial charge in [-0.15, -0.1) is 0 Å². The first-order chi connectivity index (χ1) is 40.2. The second kappa shape index (κ2) is 18.8. The number of aromatic nitrogens is 2. The summed E-state index contributed by atoms with van der Waals surface area (Å²) in [6, 6.07) is 104. The standard InChI is InChI=1S/C74H48N4O2Si/c1-7-23-49(24-8-1)51-39-43-57(44-40-51)77(55-31-15-5-16-32-55)61-47-65-67(71-69(61)75-73(79-71)53-27-11-3-12-28-53)68-66(81(65)63-37-21-19-35-59(63)60-36-20-22-38-64(60)81)48-62(70-72(68)80-74(76-70)54-29-13-4-14-30-54)78(56-33-17-6-18-34-56)58-45-41-52(42-46-58)50-25-9-2-10-26-50/h1-48H. The van der Waals surface area contributed by atoms with Gasteiger partial charge >= 0.3 is 0 Å². The SMILES string of the molecule is c1ccc(-c2ccc(N(c3ccccc3)c3cc4c(c5oc(-c6ccccc6)nc35)-c3c(cc(N(c5ccccc5)c5ccc(-c6ccccc6)cc5)c5nc(-c6ccccc6)oc35)[Si]43c4ccccc4-c4ccccc43)cc2)cc1. The highest BCUT2D eigenvalue weighted by atomic mass is 28.3. The Hall–Kier alpha value is -10.6. The second-order valence-corrected chi connectivity index (χ2v) is 24.4. The predicted octanol–water partition coefficient (Wildman–Crippen LogP) is 16.9. The van der Waals surface area contributed by atoms with E-state index in [9.17, 15) is 0 Å². The Labute approximate surface area is 469 Å². The van der Waals surface area contributed by atoms with Gasteiger partial charge in [-0.2, -0.15) is 0 Å². The molecule has 0 unspecified atom stereocenters. The summed E-state index contributed by atoms with van der Waals surface area (Å²) in [5, 5.41) is 5.02. The predicted molar refractivity (Wildman–Crippen MR) is 334 cm³/mol. The van der Waals surface area contributed by atoms with Crippen LogP contribution in [0.3, 0.4) is 0 Å². The van der Waals surface area contributed by atoms with Gasteiger partial charge in [0.1, 0.15) is 11.0 Å². The molecule has 0 atom stereocenters. The van der Waals surface area contributed by atoms with E-state index < -0.39 is 8.07 Å². The van der Waals surface area contributed by atoms with Crippen LogP contribution in [0.5, 0.6) is 0 Å². The summed E-state index contributed by atoms with van der Waals surface area (Å²) in [6.45, 7) is 0. The fourth-order valence-electron chi connectivity index (χ4n) is 12.8. The van der Waals surface area contributed by atoms with Crippen molar-refractivity contribution in [3.8, 4) is 67.4 Å². The number of hydrogen-bond acceptors (Lipinski definition) is 6. The molecule has 0 amide bonds. The van der Waals surface area contributed by atoms with E-state index in [-0.39, 0.29) is 0 Å². The van der Waals surface area contributed by atoms with E-state index in [0.717, 1.165) is 89.7 Å². The van der Waals surface area contributed by atoms with Crippen LogP contribution < -0.4 is 30.5 Å². The van der Waals surface area contributed by atoms with Crippen LogP contribution in [0.15, 0.2) is 300 Å². The molecular weight excluding hydrogens is 1000 g/mol. The number of oxazole rings is 2. The van der Waals surface area contributed by atoms with E-state index >= 15 is 0 Å². The highest BCUT2D eigenvalue weighted by Gasteiger charge is 2.57. The Morgan fingerprint density at radius 3 is 0.938 bits per heavy atom. The van der Waals surface area contributed by atoms with E-state index in [2.05, 4.69) is 265 Å². The third kappa shape index (κ3) is 7.33. The third-order valence-electron chi connectivity index (χ3n) is 16.3. The molecule has 0 aliphatic carbocycles.